The third kappa shape index (κ3) is 3.23. The Kier molecular flexibility index (Phi) is 4.16. The third-order valence-electron chi connectivity index (χ3n) is 3.34. The Labute approximate surface area is 115 Å². The number of nitrogens with one attached hydrogen (secondary N) is 1. The molecule has 1 fully saturated rings. The minimum atomic E-state index is -0.711. The van der Waals surface area contributed by atoms with Gasteiger partial charge in [-0.05, 0) is 30.9 Å². The van der Waals surface area contributed by atoms with Crippen LogP contribution in [0, 0.1) is 21.8 Å². The number of anilines is 1. The van der Waals surface area contributed by atoms with E-state index in [1.807, 2.05) is 0 Å². The van der Waals surface area contributed by atoms with Gasteiger partial charge in [0, 0.05) is 13.1 Å². The van der Waals surface area contributed by atoms with Crippen molar-refractivity contribution >= 4 is 17.4 Å². The number of nitro groups is 1. The van der Waals surface area contributed by atoms with Crippen molar-refractivity contribution in [3.05, 3.63) is 34.1 Å². The zero-order valence-corrected chi connectivity index (χ0v) is 11.1. The summed E-state index contributed by atoms with van der Waals surface area (Å²) in [4.78, 5) is 23.8. The number of carbonyl (C=O) groups is 1. The first-order valence-electron chi connectivity index (χ1n) is 6.47. The van der Waals surface area contributed by atoms with E-state index in [1.54, 1.807) is 4.90 Å². The number of carbonyl (C=O) groups excluding carboxylic acids is 1. The minimum Gasteiger partial charge on any atom is -0.324 e. The van der Waals surface area contributed by atoms with Gasteiger partial charge >= 0.3 is 6.03 Å². The molecule has 2 amide bonds. The van der Waals surface area contributed by atoms with E-state index in [-0.39, 0.29) is 11.7 Å². The number of hydrogen-bond donors (Lipinski definition) is 1. The van der Waals surface area contributed by atoms with E-state index in [9.17, 15) is 19.3 Å². The van der Waals surface area contributed by atoms with Crippen LogP contribution in [0.25, 0.3) is 0 Å². The van der Waals surface area contributed by atoms with E-state index in [0.29, 0.717) is 19.0 Å². The van der Waals surface area contributed by atoms with Gasteiger partial charge in [0.1, 0.15) is 11.5 Å². The van der Waals surface area contributed by atoms with E-state index < -0.39 is 16.4 Å². The Hall–Kier alpha value is -2.18. The number of amides is 2. The maximum atomic E-state index is 13.0. The van der Waals surface area contributed by atoms with E-state index >= 15 is 0 Å². The smallest absolute Gasteiger partial charge is 0.322 e. The molecule has 1 heterocycles. The van der Waals surface area contributed by atoms with Crippen molar-refractivity contribution < 1.29 is 14.1 Å². The zero-order chi connectivity index (χ0) is 14.7. The second-order valence-electron chi connectivity index (χ2n) is 5.04. The highest BCUT2D eigenvalue weighted by molar-refractivity contribution is 5.91. The first kappa shape index (κ1) is 14.2. The molecule has 1 saturated heterocycles. The van der Waals surface area contributed by atoms with Crippen LogP contribution >= 0.6 is 0 Å². The molecular weight excluding hydrogens is 265 g/mol. The summed E-state index contributed by atoms with van der Waals surface area (Å²) in [6.45, 7) is 3.31. The number of likely N-dealkylation sites (tertiary alicyclic amines) is 1. The van der Waals surface area contributed by atoms with Crippen LogP contribution in [0.1, 0.15) is 19.8 Å². The summed E-state index contributed by atoms with van der Waals surface area (Å²) in [7, 11) is 0. The fourth-order valence-electron chi connectivity index (χ4n) is 2.33. The number of hydrogen-bond acceptors (Lipinski definition) is 3. The maximum absolute atomic E-state index is 13.0. The Morgan fingerprint density at radius 1 is 1.55 bits per heavy atom. The molecule has 2 rings (SSSR count). The van der Waals surface area contributed by atoms with Crippen LogP contribution in [0.2, 0.25) is 0 Å². The average molecular weight is 281 g/mol. The Morgan fingerprint density at radius 2 is 2.30 bits per heavy atom. The Balaban J connectivity index is 2.13. The molecule has 1 atom stereocenters. The standard InChI is InChI=1S/C13H16FN3O3/c1-9-3-2-6-16(8-9)13(18)15-11-5-4-10(14)7-12(11)17(19)20/h4-5,7,9H,2-3,6,8H2,1H3,(H,15,18). The molecule has 108 valence electrons. The van der Waals surface area contributed by atoms with Crippen molar-refractivity contribution in [2.24, 2.45) is 5.92 Å². The predicted octanol–water partition coefficient (Wildman–Crippen LogP) is 3.00. The Bertz CT molecular complexity index is 536. The molecule has 0 saturated carbocycles. The summed E-state index contributed by atoms with van der Waals surface area (Å²) in [5, 5.41) is 13.3. The van der Waals surface area contributed by atoms with E-state index in [4.69, 9.17) is 0 Å². The number of nitro benzene ring substituents is 1. The summed E-state index contributed by atoms with van der Waals surface area (Å²) in [5.74, 6) is -0.293. The predicted molar refractivity (Wildman–Crippen MR) is 72.0 cm³/mol. The highest BCUT2D eigenvalue weighted by Crippen LogP contribution is 2.26. The lowest BCUT2D eigenvalue weighted by Crippen LogP contribution is -2.41. The number of nitrogens with zero attached hydrogens (tertiary/aromatic N) is 2. The first-order valence-corrected chi connectivity index (χ1v) is 6.47. The lowest BCUT2D eigenvalue weighted by Gasteiger charge is -2.30. The number of halogens is 1. The fraction of sp³-hybridized carbons (Fsp3) is 0.462. The molecule has 1 aromatic carbocycles. The van der Waals surface area contributed by atoms with Gasteiger partial charge in [0.05, 0.1) is 11.0 Å². The number of rotatable bonds is 2. The van der Waals surface area contributed by atoms with Crippen molar-refractivity contribution in [2.45, 2.75) is 19.8 Å². The number of benzene rings is 1. The SMILES string of the molecule is CC1CCCN(C(=O)Nc2ccc(F)cc2[N+](=O)[O-])C1. The second-order valence-corrected chi connectivity index (χ2v) is 5.04. The molecule has 1 aliphatic rings. The van der Waals surface area contributed by atoms with Crippen LogP contribution in [0.4, 0.5) is 20.6 Å². The van der Waals surface area contributed by atoms with Gasteiger partial charge in [0.15, 0.2) is 0 Å². The van der Waals surface area contributed by atoms with Gasteiger partial charge in [-0.2, -0.15) is 0 Å². The molecule has 0 bridgehead atoms. The van der Waals surface area contributed by atoms with E-state index in [2.05, 4.69) is 12.2 Å². The Morgan fingerprint density at radius 3 is 2.95 bits per heavy atom. The number of piperidine rings is 1. The molecule has 0 spiro atoms. The van der Waals surface area contributed by atoms with Crippen LogP contribution < -0.4 is 5.32 Å². The zero-order valence-electron chi connectivity index (χ0n) is 11.1. The van der Waals surface area contributed by atoms with Gasteiger partial charge in [-0.25, -0.2) is 9.18 Å². The van der Waals surface area contributed by atoms with Crippen LogP contribution in [-0.4, -0.2) is 28.9 Å². The normalized spacial score (nSPS) is 18.7. The van der Waals surface area contributed by atoms with Crippen LogP contribution in [-0.2, 0) is 0 Å². The lowest BCUT2D eigenvalue weighted by molar-refractivity contribution is -0.384. The van der Waals surface area contributed by atoms with Gasteiger partial charge in [-0.3, -0.25) is 10.1 Å². The summed E-state index contributed by atoms with van der Waals surface area (Å²) < 4.78 is 13.0. The van der Waals surface area contributed by atoms with Crippen molar-refractivity contribution in [1.82, 2.24) is 4.90 Å². The summed E-state index contributed by atoms with van der Waals surface area (Å²) in [6, 6.07) is 2.71. The van der Waals surface area contributed by atoms with Crippen molar-refractivity contribution in [1.29, 1.82) is 0 Å². The molecule has 0 radical (unpaired) electrons. The quantitative estimate of drug-likeness (QED) is 0.668. The molecule has 7 heteroatoms. The van der Waals surface area contributed by atoms with Gasteiger partial charge in [-0.1, -0.05) is 6.92 Å². The van der Waals surface area contributed by atoms with E-state index in [0.717, 1.165) is 25.0 Å². The molecule has 1 unspecified atom stereocenters. The van der Waals surface area contributed by atoms with E-state index in [1.165, 1.54) is 6.07 Å². The molecule has 20 heavy (non-hydrogen) atoms. The van der Waals surface area contributed by atoms with Gasteiger partial charge < -0.3 is 10.2 Å². The molecule has 1 aliphatic heterocycles. The minimum absolute atomic E-state index is 0.0135. The molecule has 6 nitrogen and oxygen atoms in total. The fourth-order valence-corrected chi connectivity index (χ4v) is 2.33. The molecule has 0 aromatic heterocycles. The second kappa shape index (κ2) is 5.85. The summed E-state index contributed by atoms with van der Waals surface area (Å²) in [6.07, 6.45) is 1.99. The molecule has 0 aliphatic carbocycles. The highest BCUT2D eigenvalue weighted by atomic mass is 19.1. The molecular formula is C13H16FN3O3. The topological polar surface area (TPSA) is 75.5 Å². The van der Waals surface area contributed by atoms with Crippen molar-refractivity contribution in [3.8, 4) is 0 Å². The lowest BCUT2D eigenvalue weighted by atomic mass is 10.0. The third-order valence-corrected chi connectivity index (χ3v) is 3.34. The van der Waals surface area contributed by atoms with Crippen LogP contribution in [0.15, 0.2) is 18.2 Å². The van der Waals surface area contributed by atoms with Crippen LogP contribution in [0.3, 0.4) is 0 Å². The largest absolute Gasteiger partial charge is 0.324 e. The van der Waals surface area contributed by atoms with Crippen LogP contribution in [0.5, 0.6) is 0 Å². The molecule has 1 N–H and O–H groups in total. The van der Waals surface area contributed by atoms with Crippen molar-refractivity contribution in [3.63, 3.8) is 0 Å². The summed E-state index contributed by atoms with van der Waals surface area (Å²) >= 11 is 0. The van der Waals surface area contributed by atoms with Crippen molar-refractivity contribution in [2.75, 3.05) is 18.4 Å². The summed E-state index contributed by atoms with van der Waals surface area (Å²) in [5.41, 5.74) is -0.428. The first-order chi connectivity index (χ1) is 9.47. The van der Waals surface area contributed by atoms with Gasteiger partial charge in [0.25, 0.3) is 5.69 Å². The van der Waals surface area contributed by atoms with Gasteiger partial charge in [-0.15, -0.1) is 0 Å². The maximum Gasteiger partial charge on any atom is 0.322 e. The molecule has 1 aromatic rings. The number of urea groups is 1. The average Bonchev–Trinajstić information content (AvgIpc) is 2.40. The van der Waals surface area contributed by atoms with Gasteiger partial charge in [0.2, 0.25) is 0 Å². The highest BCUT2D eigenvalue weighted by Gasteiger charge is 2.23. The monoisotopic (exact) mass is 281 g/mol.